The largest absolute Gasteiger partial charge is 0.481 e. The van der Waals surface area contributed by atoms with Crippen LogP contribution in [0.4, 0.5) is 0 Å². The van der Waals surface area contributed by atoms with E-state index in [1.807, 2.05) is 16.7 Å². The molecule has 0 bridgehead atoms. The molecule has 0 aliphatic heterocycles. The van der Waals surface area contributed by atoms with Gasteiger partial charge in [0.25, 0.3) is 0 Å². The second-order valence-electron chi connectivity index (χ2n) is 4.65. The van der Waals surface area contributed by atoms with Crippen molar-refractivity contribution in [2.75, 3.05) is 0 Å². The third-order valence-electron chi connectivity index (χ3n) is 2.97. The van der Waals surface area contributed by atoms with Crippen LogP contribution in [-0.4, -0.2) is 35.5 Å². The van der Waals surface area contributed by atoms with Crippen LogP contribution in [0.1, 0.15) is 17.8 Å². The molecule has 0 saturated heterocycles. The number of rotatable bonds is 5. The quantitative estimate of drug-likeness (QED) is 0.774. The standard InChI is InChI=1S/C13H12ClN5O2/c14-9-1-3-12-15-11(6-18(12)5-9)8-19-7-10(16-17-19)2-4-13(20)21/h1,3,5-7H,2,4,8H2,(H,20,21). The third-order valence-corrected chi connectivity index (χ3v) is 3.19. The summed E-state index contributed by atoms with van der Waals surface area (Å²) in [7, 11) is 0. The highest BCUT2D eigenvalue weighted by Crippen LogP contribution is 2.12. The van der Waals surface area contributed by atoms with Gasteiger partial charge in [0.2, 0.25) is 0 Å². The molecule has 0 amide bonds. The number of fused-ring (bicyclic) bond motifs is 1. The molecule has 0 atom stereocenters. The van der Waals surface area contributed by atoms with Gasteiger partial charge in [-0.25, -0.2) is 9.67 Å². The second kappa shape index (κ2) is 5.53. The first kappa shape index (κ1) is 13.6. The Balaban J connectivity index is 1.74. The molecule has 0 fully saturated rings. The number of nitrogens with zero attached hydrogens (tertiary/aromatic N) is 5. The number of aliphatic carboxylic acids is 1. The van der Waals surface area contributed by atoms with E-state index in [1.165, 1.54) is 0 Å². The SMILES string of the molecule is O=C(O)CCc1cn(Cc2cn3cc(Cl)ccc3n2)nn1. The number of carboxylic acid groups (broad SMARTS) is 1. The highest BCUT2D eigenvalue weighted by Gasteiger charge is 2.07. The van der Waals surface area contributed by atoms with Gasteiger partial charge in [0.15, 0.2) is 0 Å². The van der Waals surface area contributed by atoms with Gasteiger partial charge in [0, 0.05) is 25.0 Å². The van der Waals surface area contributed by atoms with Crippen LogP contribution in [0, 0.1) is 0 Å². The van der Waals surface area contributed by atoms with Crippen molar-refractivity contribution < 1.29 is 9.90 Å². The number of hydrogen-bond acceptors (Lipinski definition) is 4. The first-order valence-corrected chi connectivity index (χ1v) is 6.72. The van der Waals surface area contributed by atoms with E-state index in [2.05, 4.69) is 15.3 Å². The van der Waals surface area contributed by atoms with Gasteiger partial charge in [-0.05, 0) is 12.1 Å². The molecule has 0 aliphatic rings. The van der Waals surface area contributed by atoms with E-state index < -0.39 is 5.97 Å². The molecule has 1 N–H and O–H groups in total. The summed E-state index contributed by atoms with van der Waals surface area (Å²) in [6, 6.07) is 3.62. The molecule has 108 valence electrons. The summed E-state index contributed by atoms with van der Waals surface area (Å²) >= 11 is 5.93. The van der Waals surface area contributed by atoms with Crippen molar-refractivity contribution in [1.29, 1.82) is 0 Å². The summed E-state index contributed by atoms with van der Waals surface area (Å²) < 4.78 is 3.49. The minimum Gasteiger partial charge on any atom is -0.481 e. The van der Waals surface area contributed by atoms with Crippen molar-refractivity contribution in [3.63, 3.8) is 0 Å². The van der Waals surface area contributed by atoms with E-state index >= 15 is 0 Å². The van der Waals surface area contributed by atoms with Crippen LogP contribution in [-0.2, 0) is 17.8 Å². The lowest BCUT2D eigenvalue weighted by Gasteiger charge is -1.94. The van der Waals surface area contributed by atoms with Crippen LogP contribution in [0.5, 0.6) is 0 Å². The number of aromatic nitrogens is 5. The zero-order valence-electron chi connectivity index (χ0n) is 11.0. The Morgan fingerprint density at radius 1 is 1.24 bits per heavy atom. The van der Waals surface area contributed by atoms with E-state index in [0.717, 1.165) is 11.3 Å². The monoisotopic (exact) mass is 305 g/mol. The van der Waals surface area contributed by atoms with Gasteiger partial charge in [0.1, 0.15) is 5.65 Å². The fourth-order valence-electron chi connectivity index (χ4n) is 2.02. The fourth-order valence-corrected chi connectivity index (χ4v) is 2.19. The highest BCUT2D eigenvalue weighted by atomic mass is 35.5. The van der Waals surface area contributed by atoms with Gasteiger partial charge in [-0.3, -0.25) is 4.79 Å². The summed E-state index contributed by atoms with van der Waals surface area (Å²) in [6.45, 7) is 0.472. The Hall–Kier alpha value is -2.41. The van der Waals surface area contributed by atoms with E-state index in [-0.39, 0.29) is 6.42 Å². The molecule has 0 spiro atoms. The first-order chi connectivity index (χ1) is 10.1. The molecule has 7 nitrogen and oxygen atoms in total. The van der Waals surface area contributed by atoms with E-state index in [9.17, 15) is 4.79 Å². The molecule has 3 rings (SSSR count). The van der Waals surface area contributed by atoms with Crippen LogP contribution < -0.4 is 0 Å². The van der Waals surface area contributed by atoms with Gasteiger partial charge >= 0.3 is 5.97 Å². The molecule has 0 unspecified atom stereocenters. The molecule has 3 aromatic heterocycles. The maximum Gasteiger partial charge on any atom is 0.303 e. The summed E-state index contributed by atoms with van der Waals surface area (Å²) in [5.41, 5.74) is 2.29. The van der Waals surface area contributed by atoms with E-state index in [4.69, 9.17) is 16.7 Å². The minimum atomic E-state index is -0.846. The Kier molecular flexibility index (Phi) is 3.57. The average Bonchev–Trinajstić information content (AvgIpc) is 3.02. The summed E-state index contributed by atoms with van der Waals surface area (Å²) in [4.78, 5) is 15.0. The highest BCUT2D eigenvalue weighted by molar-refractivity contribution is 6.30. The van der Waals surface area contributed by atoms with Crippen LogP contribution in [0.2, 0.25) is 5.02 Å². The lowest BCUT2D eigenvalue weighted by atomic mass is 10.2. The maximum atomic E-state index is 10.5. The number of imidazole rings is 1. The number of carbonyl (C=O) groups is 1. The Morgan fingerprint density at radius 3 is 2.90 bits per heavy atom. The summed E-state index contributed by atoms with van der Waals surface area (Å²) in [6.07, 6.45) is 5.81. The van der Waals surface area contributed by atoms with Crippen LogP contribution in [0.15, 0.2) is 30.7 Å². The van der Waals surface area contributed by atoms with Gasteiger partial charge in [-0.1, -0.05) is 16.8 Å². The van der Waals surface area contributed by atoms with Gasteiger partial charge in [-0.15, -0.1) is 5.10 Å². The fraction of sp³-hybridized carbons (Fsp3) is 0.231. The molecular weight excluding hydrogens is 294 g/mol. The topological polar surface area (TPSA) is 85.3 Å². The summed E-state index contributed by atoms with van der Waals surface area (Å²) in [5.74, 6) is -0.846. The number of halogens is 1. The lowest BCUT2D eigenvalue weighted by Crippen LogP contribution is -2.00. The zero-order chi connectivity index (χ0) is 14.8. The van der Waals surface area contributed by atoms with Gasteiger partial charge in [-0.2, -0.15) is 0 Å². The predicted octanol–water partition coefficient (Wildman–Crippen LogP) is 1.64. The number of carboxylic acids is 1. The molecule has 3 heterocycles. The number of aryl methyl sites for hydroxylation is 1. The second-order valence-corrected chi connectivity index (χ2v) is 5.08. The smallest absolute Gasteiger partial charge is 0.303 e. The van der Waals surface area contributed by atoms with Crippen molar-refractivity contribution in [1.82, 2.24) is 24.4 Å². The third kappa shape index (κ3) is 3.19. The zero-order valence-corrected chi connectivity index (χ0v) is 11.7. The van der Waals surface area contributed by atoms with Crippen molar-refractivity contribution in [2.24, 2.45) is 0 Å². The molecule has 0 aliphatic carbocycles. The van der Waals surface area contributed by atoms with Crippen molar-refractivity contribution in [3.8, 4) is 0 Å². The van der Waals surface area contributed by atoms with Crippen molar-refractivity contribution in [3.05, 3.63) is 47.1 Å². The Morgan fingerprint density at radius 2 is 2.10 bits per heavy atom. The Bertz CT molecular complexity index is 795. The van der Waals surface area contributed by atoms with Crippen LogP contribution in [0.25, 0.3) is 5.65 Å². The lowest BCUT2D eigenvalue weighted by molar-refractivity contribution is -0.136. The average molecular weight is 306 g/mol. The molecule has 21 heavy (non-hydrogen) atoms. The number of hydrogen-bond donors (Lipinski definition) is 1. The molecular formula is C13H12ClN5O2. The van der Waals surface area contributed by atoms with Gasteiger partial charge < -0.3 is 9.51 Å². The first-order valence-electron chi connectivity index (χ1n) is 6.34. The molecule has 3 aromatic rings. The van der Waals surface area contributed by atoms with Gasteiger partial charge in [0.05, 0.1) is 29.4 Å². The molecule has 0 saturated carbocycles. The van der Waals surface area contributed by atoms with Crippen molar-refractivity contribution in [2.45, 2.75) is 19.4 Å². The van der Waals surface area contributed by atoms with Crippen LogP contribution in [0.3, 0.4) is 0 Å². The summed E-state index contributed by atoms with van der Waals surface area (Å²) in [5, 5.41) is 17.2. The van der Waals surface area contributed by atoms with E-state index in [0.29, 0.717) is 23.7 Å². The molecule has 0 aromatic carbocycles. The number of pyridine rings is 1. The normalized spacial score (nSPS) is 11.1. The van der Waals surface area contributed by atoms with Crippen LogP contribution >= 0.6 is 11.6 Å². The van der Waals surface area contributed by atoms with Crippen molar-refractivity contribution >= 4 is 23.2 Å². The van der Waals surface area contributed by atoms with E-state index in [1.54, 1.807) is 23.1 Å². The molecule has 0 radical (unpaired) electrons. The Labute approximate surface area is 124 Å². The molecule has 8 heteroatoms. The predicted molar refractivity (Wildman–Crippen MR) is 75.3 cm³/mol. The minimum absolute atomic E-state index is 0.0472. The maximum absolute atomic E-state index is 10.5.